The summed E-state index contributed by atoms with van der Waals surface area (Å²) in [5.74, 6) is 2.43. The molecule has 4 aliphatic heterocycles. The van der Waals surface area contributed by atoms with Gasteiger partial charge in [-0.15, -0.1) is 0 Å². The quantitative estimate of drug-likeness (QED) is 0.289. The number of benzene rings is 2. The molecule has 0 aromatic heterocycles. The highest BCUT2D eigenvalue weighted by atomic mass is 16.7. The average molecular weight is 575 g/mol. The lowest BCUT2D eigenvalue weighted by Gasteiger charge is -2.41. The number of ether oxygens (including phenoxy) is 7. The van der Waals surface area contributed by atoms with Gasteiger partial charge in [0.15, 0.2) is 17.8 Å². The van der Waals surface area contributed by atoms with E-state index in [4.69, 9.17) is 33.2 Å². The van der Waals surface area contributed by atoms with Crippen LogP contribution in [-0.2, 0) is 15.9 Å². The van der Waals surface area contributed by atoms with Gasteiger partial charge in [-0.2, -0.15) is 0 Å². The number of aliphatic hydroxyl groups is 5. The SMILES string of the molecule is C=C(CO[C@@H]1O[C@H](CO)[C@@H](O)[C@H](O)[C@@H]1O)[C@H]1Cc2c(ccc3c2O[C@@H]2COc4cc(OC)c(OC)cc4[C@@H]2[C@H]3O)O1. The van der Waals surface area contributed by atoms with Crippen molar-refractivity contribution in [3.63, 3.8) is 0 Å². The van der Waals surface area contributed by atoms with Gasteiger partial charge < -0.3 is 58.7 Å². The molecule has 1 fully saturated rings. The zero-order valence-corrected chi connectivity index (χ0v) is 22.6. The van der Waals surface area contributed by atoms with Crippen molar-refractivity contribution in [3.8, 4) is 28.7 Å². The Labute approximate surface area is 236 Å². The number of rotatable bonds is 7. The van der Waals surface area contributed by atoms with Crippen LogP contribution >= 0.6 is 0 Å². The lowest BCUT2D eigenvalue weighted by atomic mass is 9.80. The smallest absolute Gasteiger partial charge is 0.187 e. The van der Waals surface area contributed by atoms with Gasteiger partial charge in [-0.05, 0) is 23.8 Å². The van der Waals surface area contributed by atoms with Gasteiger partial charge in [0.2, 0.25) is 0 Å². The molecule has 2 aromatic rings. The molecule has 1 saturated heterocycles. The fourth-order valence-electron chi connectivity index (χ4n) is 5.96. The highest BCUT2D eigenvalue weighted by Gasteiger charge is 2.47. The van der Waals surface area contributed by atoms with Crippen LogP contribution in [0.2, 0.25) is 0 Å². The Morgan fingerprint density at radius 3 is 2.44 bits per heavy atom. The maximum Gasteiger partial charge on any atom is 0.187 e. The van der Waals surface area contributed by atoms with Crippen LogP contribution in [-0.4, -0.2) is 102 Å². The molecule has 0 bridgehead atoms. The molecule has 0 unspecified atom stereocenters. The Balaban J connectivity index is 1.18. The minimum Gasteiger partial charge on any atom is -0.493 e. The Bertz CT molecular complexity index is 1310. The Kier molecular flexibility index (Phi) is 7.49. The van der Waals surface area contributed by atoms with E-state index in [9.17, 15) is 25.5 Å². The van der Waals surface area contributed by atoms with Crippen LogP contribution in [0, 0.1) is 0 Å². The van der Waals surface area contributed by atoms with Crippen molar-refractivity contribution in [1.82, 2.24) is 0 Å². The van der Waals surface area contributed by atoms with Crippen molar-refractivity contribution >= 4 is 0 Å². The molecule has 0 amide bonds. The topological polar surface area (TPSA) is 166 Å². The molecule has 5 N–H and O–H groups in total. The van der Waals surface area contributed by atoms with E-state index >= 15 is 0 Å². The monoisotopic (exact) mass is 574 g/mol. The van der Waals surface area contributed by atoms with Gasteiger partial charge in [-0.1, -0.05) is 6.58 Å². The van der Waals surface area contributed by atoms with Crippen LogP contribution in [0.5, 0.6) is 28.7 Å². The summed E-state index contributed by atoms with van der Waals surface area (Å²) in [4.78, 5) is 0. The second-order valence-corrected chi connectivity index (χ2v) is 10.6. The third kappa shape index (κ3) is 4.69. The molecule has 2 aromatic carbocycles. The number of methoxy groups -OCH3 is 2. The van der Waals surface area contributed by atoms with Crippen LogP contribution in [0.15, 0.2) is 36.4 Å². The molecule has 6 rings (SSSR count). The van der Waals surface area contributed by atoms with Crippen molar-refractivity contribution in [2.75, 3.05) is 34.0 Å². The zero-order valence-electron chi connectivity index (χ0n) is 22.6. The lowest BCUT2D eigenvalue weighted by Crippen LogP contribution is -2.59. The minimum atomic E-state index is -1.54. The summed E-state index contributed by atoms with van der Waals surface area (Å²) in [5, 5.41) is 51.2. The van der Waals surface area contributed by atoms with E-state index in [1.807, 2.05) is 6.07 Å². The first-order valence-electron chi connectivity index (χ1n) is 13.4. The first-order chi connectivity index (χ1) is 19.7. The first-order valence-corrected chi connectivity index (χ1v) is 13.4. The lowest BCUT2D eigenvalue weighted by molar-refractivity contribution is -0.299. The van der Waals surface area contributed by atoms with Crippen LogP contribution in [0.3, 0.4) is 0 Å². The number of hydrogen-bond donors (Lipinski definition) is 5. The van der Waals surface area contributed by atoms with E-state index in [-0.39, 0.29) is 19.1 Å². The molecule has 9 atom stereocenters. The van der Waals surface area contributed by atoms with E-state index in [2.05, 4.69) is 6.58 Å². The molecule has 12 nitrogen and oxygen atoms in total. The predicted molar refractivity (Wildman–Crippen MR) is 141 cm³/mol. The van der Waals surface area contributed by atoms with Crippen molar-refractivity contribution in [2.45, 2.75) is 61.4 Å². The molecule has 0 radical (unpaired) electrons. The zero-order chi connectivity index (χ0) is 29.0. The van der Waals surface area contributed by atoms with Crippen molar-refractivity contribution in [3.05, 3.63) is 53.1 Å². The summed E-state index contributed by atoms with van der Waals surface area (Å²) in [6, 6.07) is 7.16. The number of fused-ring (bicyclic) bond motifs is 6. The van der Waals surface area contributed by atoms with E-state index < -0.39 is 55.6 Å². The Hall–Kier alpha value is -3.10. The van der Waals surface area contributed by atoms with Gasteiger partial charge in [0.05, 0.1) is 39.5 Å². The third-order valence-corrected chi connectivity index (χ3v) is 8.25. The largest absolute Gasteiger partial charge is 0.493 e. The van der Waals surface area contributed by atoms with Crippen molar-refractivity contribution in [2.24, 2.45) is 0 Å². The summed E-state index contributed by atoms with van der Waals surface area (Å²) < 4.78 is 40.5. The van der Waals surface area contributed by atoms with Gasteiger partial charge >= 0.3 is 0 Å². The third-order valence-electron chi connectivity index (χ3n) is 8.25. The fraction of sp³-hybridized carbons (Fsp3) is 0.517. The summed E-state index contributed by atoms with van der Waals surface area (Å²) in [5.41, 5.74) is 2.74. The molecule has 0 saturated carbocycles. The minimum absolute atomic E-state index is 0.0758. The Morgan fingerprint density at radius 2 is 1.71 bits per heavy atom. The summed E-state index contributed by atoms with van der Waals surface area (Å²) in [6.45, 7) is 3.68. The standard InChI is InChI=1S/C29H34O12/c1-12(10-38-29-27(34)26(33)25(32)21(9-30)41-29)17-7-15-16(39-17)5-4-13-24(31)23-14-6-19(35-2)20(36-3)8-18(14)37-11-22(23)40-28(13)15/h4-6,8,17,21-27,29-34H,1,7,9-11H2,2-3H3/t17-,21-,22-,23+,24+,25-,26+,27+,29-/m1/s1. The summed E-state index contributed by atoms with van der Waals surface area (Å²) in [7, 11) is 3.10. The normalized spacial score (nSPS) is 33.2. The molecular weight excluding hydrogens is 540 g/mol. The van der Waals surface area contributed by atoms with Gasteiger partial charge in [-0.25, -0.2) is 0 Å². The van der Waals surface area contributed by atoms with Crippen molar-refractivity contribution < 1.29 is 58.7 Å². The second kappa shape index (κ2) is 11.0. The van der Waals surface area contributed by atoms with Gasteiger partial charge in [0.25, 0.3) is 0 Å². The molecular formula is C29H34O12. The summed E-state index contributed by atoms with van der Waals surface area (Å²) >= 11 is 0. The molecule has 12 heteroatoms. The number of aliphatic hydroxyl groups excluding tert-OH is 5. The van der Waals surface area contributed by atoms with Gasteiger partial charge in [0, 0.05) is 29.2 Å². The molecule has 4 heterocycles. The highest BCUT2D eigenvalue weighted by molar-refractivity contribution is 5.59. The van der Waals surface area contributed by atoms with Gasteiger partial charge in [-0.3, -0.25) is 0 Å². The molecule has 41 heavy (non-hydrogen) atoms. The first kappa shape index (κ1) is 28.0. The Morgan fingerprint density at radius 1 is 0.951 bits per heavy atom. The van der Waals surface area contributed by atoms with E-state index in [0.717, 1.165) is 11.1 Å². The summed E-state index contributed by atoms with van der Waals surface area (Å²) in [6.07, 6.45) is -8.27. The fourth-order valence-corrected chi connectivity index (χ4v) is 5.96. The van der Waals surface area contributed by atoms with E-state index in [0.29, 0.717) is 46.3 Å². The van der Waals surface area contributed by atoms with Crippen LogP contribution in [0.1, 0.15) is 28.7 Å². The van der Waals surface area contributed by atoms with Crippen LogP contribution in [0.4, 0.5) is 0 Å². The maximum absolute atomic E-state index is 11.6. The van der Waals surface area contributed by atoms with E-state index in [1.165, 1.54) is 0 Å². The van der Waals surface area contributed by atoms with Gasteiger partial charge in [0.1, 0.15) is 60.5 Å². The van der Waals surface area contributed by atoms with Crippen LogP contribution in [0.25, 0.3) is 0 Å². The molecule has 0 aliphatic carbocycles. The highest BCUT2D eigenvalue weighted by Crippen LogP contribution is 2.54. The van der Waals surface area contributed by atoms with E-state index in [1.54, 1.807) is 32.4 Å². The number of hydrogen-bond acceptors (Lipinski definition) is 12. The maximum atomic E-state index is 11.6. The molecule has 0 spiro atoms. The average Bonchev–Trinajstić information content (AvgIpc) is 3.44. The predicted octanol–water partition coefficient (Wildman–Crippen LogP) is 0.351. The second-order valence-electron chi connectivity index (χ2n) is 10.6. The van der Waals surface area contributed by atoms with Crippen LogP contribution < -0.4 is 23.7 Å². The van der Waals surface area contributed by atoms with Crippen molar-refractivity contribution in [1.29, 1.82) is 0 Å². The molecule has 222 valence electrons. The molecule has 4 aliphatic rings.